The molecule has 1 heterocycles. The van der Waals surface area contributed by atoms with Gasteiger partial charge in [0, 0.05) is 30.8 Å². The number of nitrogens with one attached hydrogen (secondary N) is 1. The normalized spacial score (nSPS) is 23.4. The van der Waals surface area contributed by atoms with Crippen LogP contribution in [-0.4, -0.2) is 36.0 Å². The van der Waals surface area contributed by atoms with Crippen molar-refractivity contribution in [1.29, 1.82) is 0 Å². The smallest absolute Gasteiger partial charge is 0.269 e. The molecule has 0 aromatic heterocycles. The molecule has 1 aromatic carbocycles. The van der Waals surface area contributed by atoms with Crippen molar-refractivity contribution in [3.05, 3.63) is 39.9 Å². The fraction of sp³-hybridized carbons (Fsp3) is 0.625. The number of piperidine rings is 1. The van der Waals surface area contributed by atoms with Crippen molar-refractivity contribution in [3.8, 4) is 0 Å². The van der Waals surface area contributed by atoms with Gasteiger partial charge in [-0.15, -0.1) is 0 Å². The molecule has 1 N–H and O–H groups in total. The first-order valence-electron chi connectivity index (χ1n) is 7.67. The van der Waals surface area contributed by atoms with E-state index in [1.165, 1.54) is 18.4 Å². The highest BCUT2D eigenvalue weighted by Gasteiger charge is 2.30. The minimum Gasteiger partial charge on any atom is -0.314 e. The van der Waals surface area contributed by atoms with E-state index in [0.29, 0.717) is 18.0 Å². The highest BCUT2D eigenvalue weighted by molar-refractivity contribution is 5.34. The molecule has 5 heteroatoms. The second kappa shape index (κ2) is 7.00. The number of rotatable bonds is 5. The average molecular weight is 291 g/mol. The van der Waals surface area contributed by atoms with Gasteiger partial charge >= 0.3 is 0 Å². The van der Waals surface area contributed by atoms with Crippen molar-refractivity contribution in [1.82, 2.24) is 10.2 Å². The summed E-state index contributed by atoms with van der Waals surface area (Å²) in [5.74, 6) is 0.549. The standard InChI is InChI=1S/C16H25N3O2/c1-12(2)17-11-14-5-4-10-18(3)16(14)13-6-8-15(9-7-13)19(20)21/h6-9,12,14,16-17H,4-5,10-11H2,1-3H3. The van der Waals surface area contributed by atoms with Crippen LogP contribution in [0.4, 0.5) is 5.69 Å². The molecule has 0 saturated carbocycles. The lowest BCUT2D eigenvalue weighted by molar-refractivity contribution is -0.384. The summed E-state index contributed by atoms with van der Waals surface area (Å²) in [5, 5.41) is 14.3. The number of benzene rings is 1. The van der Waals surface area contributed by atoms with Gasteiger partial charge in [0.25, 0.3) is 5.69 Å². The van der Waals surface area contributed by atoms with Gasteiger partial charge in [0.2, 0.25) is 0 Å². The van der Waals surface area contributed by atoms with Crippen LogP contribution in [-0.2, 0) is 0 Å². The topological polar surface area (TPSA) is 58.4 Å². The van der Waals surface area contributed by atoms with Gasteiger partial charge in [-0.1, -0.05) is 26.0 Å². The van der Waals surface area contributed by atoms with Crippen molar-refractivity contribution in [2.45, 2.75) is 38.8 Å². The molecule has 1 saturated heterocycles. The maximum absolute atomic E-state index is 10.8. The quantitative estimate of drug-likeness (QED) is 0.669. The third kappa shape index (κ3) is 4.02. The van der Waals surface area contributed by atoms with E-state index in [2.05, 4.69) is 31.1 Å². The Morgan fingerprint density at radius 3 is 2.62 bits per heavy atom. The van der Waals surface area contributed by atoms with Crippen LogP contribution in [0.1, 0.15) is 38.3 Å². The predicted molar refractivity (Wildman–Crippen MR) is 84.3 cm³/mol. The molecule has 0 spiro atoms. The lowest BCUT2D eigenvalue weighted by Gasteiger charge is -2.40. The highest BCUT2D eigenvalue weighted by atomic mass is 16.6. The summed E-state index contributed by atoms with van der Waals surface area (Å²) in [6.45, 7) is 6.39. The monoisotopic (exact) mass is 291 g/mol. The molecule has 2 unspecified atom stereocenters. The second-order valence-corrected chi connectivity index (χ2v) is 6.24. The van der Waals surface area contributed by atoms with E-state index in [4.69, 9.17) is 0 Å². The Morgan fingerprint density at radius 2 is 2.05 bits per heavy atom. The molecule has 1 aliphatic heterocycles. The summed E-state index contributed by atoms with van der Waals surface area (Å²) in [6.07, 6.45) is 2.41. The largest absolute Gasteiger partial charge is 0.314 e. The van der Waals surface area contributed by atoms with Gasteiger partial charge in [-0.05, 0) is 37.9 Å². The second-order valence-electron chi connectivity index (χ2n) is 6.24. The fourth-order valence-electron chi connectivity index (χ4n) is 3.18. The summed E-state index contributed by atoms with van der Waals surface area (Å²) in [4.78, 5) is 12.8. The van der Waals surface area contributed by atoms with Crippen molar-refractivity contribution >= 4 is 5.69 Å². The molecule has 5 nitrogen and oxygen atoms in total. The fourth-order valence-corrected chi connectivity index (χ4v) is 3.18. The van der Waals surface area contributed by atoms with Crippen molar-refractivity contribution in [3.63, 3.8) is 0 Å². The predicted octanol–water partition coefficient (Wildman–Crippen LogP) is 2.98. The molecule has 0 aliphatic carbocycles. The van der Waals surface area contributed by atoms with Crippen LogP contribution in [0, 0.1) is 16.0 Å². The molecule has 0 radical (unpaired) electrons. The van der Waals surface area contributed by atoms with Crippen LogP contribution in [0.5, 0.6) is 0 Å². The van der Waals surface area contributed by atoms with E-state index < -0.39 is 0 Å². The molecule has 1 aliphatic rings. The molecule has 116 valence electrons. The van der Waals surface area contributed by atoms with E-state index >= 15 is 0 Å². The Labute approximate surface area is 126 Å². The van der Waals surface area contributed by atoms with Crippen molar-refractivity contribution in [2.75, 3.05) is 20.1 Å². The molecule has 2 rings (SSSR count). The van der Waals surface area contributed by atoms with Crippen LogP contribution < -0.4 is 5.32 Å². The zero-order valence-electron chi connectivity index (χ0n) is 13.1. The summed E-state index contributed by atoms with van der Waals surface area (Å²) in [5.41, 5.74) is 1.34. The third-order valence-corrected chi connectivity index (χ3v) is 4.24. The number of likely N-dealkylation sites (tertiary alicyclic amines) is 1. The van der Waals surface area contributed by atoms with Gasteiger partial charge in [-0.25, -0.2) is 0 Å². The van der Waals surface area contributed by atoms with Gasteiger partial charge < -0.3 is 5.32 Å². The Kier molecular flexibility index (Phi) is 5.31. The summed E-state index contributed by atoms with van der Waals surface area (Å²) >= 11 is 0. The Balaban J connectivity index is 2.16. The number of nitro benzene ring substituents is 1. The Bertz CT molecular complexity index is 473. The van der Waals surface area contributed by atoms with Gasteiger partial charge in [-0.2, -0.15) is 0 Å². The molecule has 21 heavy (non-hydrogen) atoms. The van der Waals surface area contributed by atoms with E-state index in [1.54, 1.807) is 12.1 Å². The Morgan fingerprint density at radius 1 is 1.38 bits per heavy atom. The average Bonchev–Trinajstić information content (AvgIpc) is 2.45. The van der Waals surface area contributed by atoms with E-state index in [9.17, 15) is 10.1 Å². The summed E-state index contributed by atoms with van der Waals surface area (Å²) < 4.78 is 0. The number of nitrogens with zero attached hydrogens (tertiary/aromatic N) is 2. The minimum absolute atomic E-state index is 0.161. The van der Waals surface area contributed by atoms with Gasteiger partial charge in [0.15, 0.2) is 0 Å². The lowest BCUT2D eigenvalue weighted by atomic mass is 9.84. The van der Waals surface area contributed by atoms with Crippen LogP contribution in [0.15, 0.2) is 24.3 Å². The molecule has 1 aromatic rings. The van der Waals surface area contributed by atoms with Gasteiger partial charge in [-0.3, -0.25) is 15.0 Å². The SMILES string of the molecule is CC(C)NCC1CCCN(C)C1c1ccc([N+](=O)[O-])cc1. The Hall–Kier alpha value is -1.46. The first-order chi connectivity index (χ1) is 9.99. The molecule has 0 bridgehead atoms. The maximum atomic E-state index is 10.8. The van der Waals surface area contributed by atoms with E-state index in [1.807, 2.05) is 12.1 Å². The van der Waals surface area contributed by atoms with Crippen LogP contribution in [0.3, 0.4) is 0 Å². The van der Waals surface area contributed by atoms with Crippen LogP contribution >= 0.6 is 0 Å². The molecular weight excluding hydrogens is 266 g/mol. The number of non-ortho nitro benzene ring substituents is 1. The zero-order chi connectivity index (χ0) is 15.4. The summed E-state index contributed by atoms with van der Waals surface area (Å²) in [6, 6.07) is 7.87. The highest BCUT2D eigenvalue weighted by Crippen LogP contribution is 2.35. The summed E-state index contributed by atoms with van der Waals surface area (Å²) in [7, 11) is 2.15. The molecule has 1 fully saturated rings. The van der Waals surface area contributed by atoms with Crippen LogP contribution in [0.25, 0.3) is 0 Å². The van der Waals surface area contributed by atoms with E-state index in [0.717, 1.165) is 13.1 Å². The van der Waals surface area contributed by atoms with E-state index in [-0.39, 0.29) is 10.6 Å². The molecule has 0 amide bonds. The lowest BCUT2D eigenvalue weighted by Crippen LogP contribution is -2.41. The van der Waals surface area contributed by atoms with Crippen molar-refractivity contribution in [2.24, 2.45) is 5.92 Å². The first-order valence-corrected chi connectivity index (χ1v) is 7.67. The maximum Gasteiger partial charge on any atom is 0.269 e. The minimum atomic E-state index is -0.341. The molecule has 2 atom stereocenters. The zero-order valence-corrected chi connectivity index (χ0v) is 13.1. The van der Waals surface area contributed by atoms with Gasteiger partial charge in [0.05, 0.1) is 4.92 Å². The third-order valence-electron chi connectivity index (χ3n) is 4.24. The molecular formula is C16H25N3O2. The number of nitro groups is 1. The number of hydrogen-bond donors (Lipinski definition) is 1. The van der Waals surface area contributed by atoms with Crippen molar-refractivity contribution < 1.29 is 4.92 Å². The first kappa shape index (κ1) is 15.9. The van der Waals surface area contributed by atoms with Gasteiger partial charge in [0.1, 0.15) is 0 Å². The van der Waals surface area contributed by atoms with Crippen LogP contribution in [0.2, 0.25) is 0 Å². The number of hydrogen-bond acceptors (Lipinski definition) is 4.